The molecule has 6 aliphatic heterocycles. The van der Waals surface area contributed by atoms with Crippen LogP contribution in [0.2, 0.25) is 0 Å². The molecule has 0 aliphatic carbocycles. The Balaban J connectivity index is 1.30. The number of fused-ring (bicyclic) bond motifs is 4. The first-order valence-electron chi connectivity index (χ1n) is 25.0. The Morgan fingerprint density at radius 3 is 2.07 bits per heavy atom. The summed E-state index contributed by atoms with van der Waals surface area (Å²) in [4.78, 5) is 22.0. The minimum absolute atomic E-state index is 0.0283. The van der Waals surface area contributed by atoms with Crippen molar-refractivity contribution in [1.29, 1.82) is 0 Å². The number of ether oxygens (including phenoxy) is 12. The molecule has 25 atom stereocenters. The molecule has 0 radical (unpaired) electrons. The maximum atomic E-state index is 14.2. The molecule has 0 aromatic carbocycles. The van der Waals surface area contributed by atoms with Crippen LogP contribution in [0.15, 0.2) is 0 Å². The number of hydrogen-bond donors (Lipinski definition) is 7. The van der Waals surface area contributed by atoms with E-state index >= 15 is 0 Å². The number of esters is 1. The highest BCUT2D eigenvalue weighted by atomic mass is 16.8. The number of rotatable bonds is 15. The van der Waals surface area contributed by atoms with Crippen LogP contribution < -0.4 is 5.48 Å². The largest absolute Gasteiger partial charge is 0.462 e. The number of carbonyl (C=O) groups excluding carboxylic acids is 1. The lowest BCUT2D eigenvalue weighted by Crippen LogP contribution is -2.65. The Morgan fingerprint density at radius 2 is 1.47 bits per heavy atom. The molecule has 0 spiro atoms. The molecule has 6 fully saturated rings. The Hall–Kier alpha value is -1.33. The molecule has 0 amide bonds. The molecule has 2 bridgehead atoms. The third kappa shape index (κ3) is 12.3. The molecule has 7 N–H and O–H groups in total. The van der Waals surface area contributed by atoms with Crippen molar-refractivity contribution in [2.45, 2.75) is 227 Å². The fourth-order valence-corrected chi connectivity index (χ4v) is 11.5. The van der Waals surface area contributed by atoms with Gasteiger partial charge in [-0.15, -0.1) is 0 Å². The van der Waals surface area contributed by atoms with Gasteiger partial charge in [-0.05, 0) is 67.5 Å². The highest BCUT2D eigenvalue weighted by molar-refractivity contribution is 5.70. The van der Waals surface area contributed by atoms with E-state index in [4.69, 9.17) is 61.7 Å². The average molecular weight is 1010 g/mol. The molecule has 6 rings (SSSR count). The zero-order chi connectivity index (χ0) is 51.8. The van der Waals surface area contributed by atoms with Crippen molar-refractivity contribution in [2.24, 2.45) is 23.7 Å². The molecule has 70 heavy (non-hydrogen) atoms. The first kappa shape index (κ1) is 57.9. The van der Waals surface area contributed by atoms with Gasteiger partial charge in [-0.2, -0.15) is 5.48 Å². The van der Waals surface area contributed by atoms with Crippen LogP contribution in [0.5, 0.6) is 0 Å². The number of epoxide rings is 1. The second-order valence-corrected chi connectivity index (χ2v) is 21.4. The van der Waals surface area contributed by atoms with Crippen LogP contribution in [-0.4, -0.2) is 224 Å². The lowest BCUT2D eigenvalue weighted by Gasteiger charge is -2.50. The third-order valence-electron chi connectivity index (χ3n) is 16.2. The van der Waals surface area contributed by atoms with Gasteiger partial charge in [0.05, 0.1) is 67.3 Å². The van der Waals surface area contributed by atoms with Crippen molar-refractivity contribution in [2.75, 3.05) is 49.1 Å². The summed E-state index contributed by atoms with van der Waals surface area (Å²) in [6, 6.07) is -1.27. The number of hydroxylamine groups is 1. The fourth-order valence-electron chi connectivity index (χ4n) is 11.5. The fraction of sp³-hybridized carbons (Fsp3) is 0.979. The van der Waals surface area contributed by atoms with Gasteiger partial charge in [0.1, 0.15) is 48.3 Å². The van der Waals surface area contributed by atoms with Gasteiger partial charge >= 0.3 is 5.97 Å². The van der Waals surface area contributed by atoms with Crippen LogP contribution in [-0.2, 0) is 66.5 Å². The normalized spacial score (nSPS) is 49.7. The summed E-state index contributed by atoms with van der Waals surface area (Å²) in [5.41, 5.74) is 0.646. The second kappa shape index (κ2) is 23.7. The molecular formula is C48H86N2O20. The third-order valence-corrected chi connectivity index (χ3v) is 16.2. The van der Waals surface area contributed by atoms with Crippen LogP contribution in [0.25, 0.3) is 0 Å². The van der Waals surface area contributed by atoms with E-state index in [-0.39, 0.29) is 32.3 Å². The lowest BCUT2D eigenvalue weighted by atomic mass is 9.76. The second-order valence-electron chi connectivity index (χ2n) is 21.4. The van der Waals surface area contributed by atoms with Crippen molar-refractivity contribution in [3.8, 4) is 0 Å². The monoisotopic (exact) mass is 1010 g/mol. The molecule has 6 saturated heterocycles. The van der Waals surface area contributed by atoms with Gasteiger partial charge in [-0.25, -0.2) is 0 Å². The summed E-state index contributed by atoms with van der Waals surface area (Å²) in [5, 5.41) is 69.1. The quantitative estimate of drug-likeness (QED) is 0.0661. The van der Waals surface area contributed by atoms with Gasteiger partial charge in [-0.3, -0.25) is 9.63 Å². The zero-order valence-electron chi connectivity index (χ0n) is 43.6. The maximum absolute atomic E-state index is 14.2. The smallest absolute Gasteiger partial charge is 0.308 e. The first-order valence-corrected chi connectivity index (χ1v) is 25.0. The Kier molecular flexibility index (Phi) is 19.6. The molecular weight excluding hydrogens is 925 g/mol. The van der Waals surface area contributed by atoms with Crippen molar-refractivity contribution in [1.82, 2.24) is 10.4 Å². The van der Waals surface area contributed by atoms with E-state index in [1.807, 2.05) is 20.8 Å². The SMILES string of the molecule is CC[C@H]1OC(=O)C[C@@H](O)[C@H](C)[C@@H](O[C@@H]2O[C@H](C)[C@@H](O[C@H]3C[C@@](C)(O)[C@@H](O)[C@H](C)O3)[C@H](N(C)C)[C@H]2O)[C@@H](CC(OC)OC)C[C@@H](C)C2(O)CC(NO2)C2(C)OC2[C@@H]1CO[C@@H]1O[C@H](C)[C@@H](O)[C@@H](OC)[C@H]1OC. The number of aliphatic hydroxyl groups is 6. The molecule has 6 heterocycles. The topological polar surface area (TPSA) is 277 Å². The summed E-state index contributed by atoms with van der Waals surface area (Å²) in [7, 11) is 9.51. The van der Waals surface area contributed by atoms with E-state index in [0.29, 0.717) is 6.42 Å². The number of methoxy groups -OCH3 is 4. The van der Waals surface area contributed by atoms with Gasteiger partial charge in [0, 0.05) is 65.5 Å². The number of hydrogen-bond acceptors (Lipinski definition) is 22. The number of cyclic esters (lactones) is 1. The predicted octanol–water partition coefficient (Wildman–Crippen LogP) is 0.322. The van der Waals surface area contributed by atoms with Crippen LogP contribution in [0.4, 0.5) is 0 Å². The Morgan fingerprint density at radius 1 is 0.814 bits per heavy atom. The van der Waals surface area contributed by atoms with Crippen molar-refractivity contribution in [3.05, 3.63) is 0 Å². The average Bonchev–Trinajstić information content (AvgIpc) is 3.81. The van der Waals surface area contributed by atoms with Crippen LogP contribution in [0.1, 0.15) is 93.9 Å². The highest BCUT2D eigenvalue weighted by Gasteiger charge is 2.66. The predicted molar refractivity (Wildman–Crippen MR) is 245 cm³/mol. The summed E-state index contributed by atoms with van der Waals surface area (Å²) in [6.45, 7) is 14.0. The summed E-state index contributed by atoms with van der Waals surface area (Å²) in [6.07, 6.45) is -15.2. The van der Waals surface area contributed by atoms with Gasteiger partial charge in [-0.1, -0.05) is 20.8 Å². The number of nitrogens with one attached hydrogen (secondary N) is 1. The number of nitrogens with zero attached hydrogens (tertiary/aromatic N) is 1. The molecule has 22 heteroatoms. The minimum Gasteiger partial charge on any atom is -0.462 e. The van der Waals surface area contributed by atoms with Crippen LogP contribution >= 0.6 is 0 Å². The minimum atomic E-state index is -1.73. The lowest BCUT2D eigenvalue weighted by molar-refractivity contribution is -0.343. The molecule has 4 unspecified atom stereocenters. The van der Waals surface area contributed by atoms with E-state index in [1.54, 1.807) is 46.7 Å². The summed E-state index contributed by atoms with van der Waals surface area (Å²) < 4.78 is 73.8. The zero-order valence-corrected chi connectivity index (χ0v) is 43.6. The van der Waals surface area contributed by atoms with E-state index in [9.17, 15) is 35.4 Å². The van der Waals surface area contributed by atoms with E-state index in [2.05, 4.69) is 5.48 Å². The Labute approximate surface area is 413 Å². The van der Waals surface area contributed by atoms with Gasteiger partial charge in [0.15, 0.2) is 30.9 Å². The summed E-state index contributed by atoms with van der Waals surface area (Å²) in [5.74, 6) is -5.02. The van der Waals surface area contributed by atoms with Crippen molar-refractivity contribution in [3.63, 3.8) is 0 Å². The van der Waals surface area contributed by atoms with Gasteiger partial charge < -0.3 is 92.4 Å². The van der Waals surface area contributed by atoms with E-state index in [0.717, 1.165) is 0 Å². The standard InChI is InChI=1S/C48H86N2O20/c1-15-30-28(21-62-45-41(61-14)40(60-13)36(53)24(4)64-45)43-47(8,69-43)31-19-48(57,70-49-31)22(2)16-27(17-33(58-11)59-12)38(23(3)29(51)18-32(52)66-30)68-44-37(54)35(50(9)10)39(25(5)65-44)67-34-20-46(7,56)42(55)26(6)63-34/h22-31,33-45,49,51,53-57H,15-21H2,1-14H3/t22-,23+,24-,25-,26+,27-,28-,29-,30-,31?,34+,35-,36-,37-,38-,39-,40-,41-,42+,43?,44+,45-,46-,47?,48?/m1/s1. The highest BCUT2D eigenvalue weighted by Crippen LogP contribution is 2.51. The number of aliphatic hydroxyl groups excluding tert-OH is 4. The van der Waals surface area contributed by atoms with Gasteiger partial charge in [0.2, 0.25) is 0 Å². The number of likely N-dealkylation sites (N-methyl/N-ethyl adjacent to an activating group) is 1. The van der Waals surface area contributed by atoms with E-state index < -0.39 is 170 Å². The van der Waals surface area contributed by atoms with Crippen LogP contribution in [0.3, 0.4) is 0 Å². The van der Waals surface area contributed by atoms with Crippen molar-refractivity contribution >= 4 is 5.97 Å². The molecule has 22 nitrogen and oxygen atoms in total. The first-order chi connectivity index (χ1) is 32.9. The number of carbonyl (C=O) groups is 1. The molecule has 0 aromatic rings. The van der Waals surface area contributed by atoms with E-state index in [1.165, 1.54) is 35.4 Å². The Bertz CT molecular complexity index is 1670. The molecule has 0 saturated carbocycles. The van der Waals surface area contributed by atoms with Gasteiger partial charge in [0.25, 0.3) is 0 Å². The van der Waals surface area contributed by atoms with Crippen LogP contribution in [0, 0.1) is 23.7 Å². The molecule has 6 aliphatic rings. The molecule has 0 aromatic heterocycles. The summed E-state index contributed by atoms with van der Waals surface area (Å²) >= 11 is 0. The molecule has 408 valence electrons. The maximum Gasteiger partial charge on any atom is 0.308 e. The van der Waals surface area contributed by atoms with Crippen molar-refractivity contribution < 1.29 is 97.1 Å².